The Morgan fingerprint density at radius 3 is 2.85 bits per heavy atom. The van der Waals surface area contributed by atoms with Gasteiger partial charge in [0.1, 0.15) is 0 Å². The highest BCUT2D eigenvalue weighted by atomic mass is 35.5. The van der Waals surface area contributed by atoms with Gasteiger partial charge in [-0.25, -0.2) is 4.98 Å². The van der Waals surface area contributed by atoms with Crippen LogP contribution in [0.2, 0.25) is 5.28 Å². The number of hydrogen-bond donors (Lipinski definition) is 2. The van der Waals surface area contributed by atoms with Crippen LogP contribution in [0.15, 0.2) is 34.6 Å². The van der Waals surface area contributed by atoms with Crippen molar-refractivity contribution in [3.63, 3.8) is 0 Å². The van der Waals surface area contributed by atoms with Crippen molar-refractivity contribution in [2.45, 2.75) is 17.2 Å². The van der Waals surface area contributed by atoms with Gasteiger partial charge >= 0.3 is 0 Å². The zero-order valence-electron chi connectivity index (χ0n) is 10.6. The fourth-order valence-electron chi connectivity index (χ4n) is 1.68. The molecule has 0 radical (unpaired) electrons. The zero-order chi connectivity index (χ0) is 13.9. The molecule has 102 valence electrons. The Balaban J connectivity index is 1.90. The molecule has 0 aliphatic heterocycles. The Hall–Kier alpha value is -1.86. The lowest BCUT2D eigenvalue weighted by atomic mass is 10.3. The van der Waals surface area contributed by atoms with Crippen LogP contribution in [0.1, 0.15) is 6.92 Å². The van der Waals surface area contributed by atoms with E-state index in [1.54, 1.807) is 0 Å². The van der Waals surface area contributed by atoms with Crippen molar-refractivity contribution in [2.24, 2.45) is 0 Å². The Morgan fingerprint density at radius 1 is 1.20 bits per heavy atom. The van der Waals surface area contributed by atoms with Gasteiger partial charge in [0.25, 0.3) is 0 Å². The number of imidazole rings is 1. The normalized spacial score (nSPS) is 10.9. The molecule has 3 rings (SSSR count). The van der Waals surface area contributed by atoms with E-state index in [9.17, 15) is 0 Å². The first-order valence-corrected chi connectivity index (χ1v) is 7.22. The first kappa shape index (κ1) is 13.1. The van der Waals surface area contributed by atoms with E-state index in [-0.39, 0.29) is 5.28 Å². The lowest BCUT2D eigenvalue weighted by molar-refractivity contribution is 0.893. The van der Waals surface area contributed by atoms with E-state index in [0.717, 1.165) is 22.7 Å². The lowest BCUT2D eigenvalue weighted by Crippen LogP contribution is -2.04. The van der Waals surface area contributed by atoms with Gasteiger partial charge in [-0.1, -0.05) is 12.1 Å². The van der Waals surface area contributed by atoms with Gasteiger partial charge in [-0.15, -0.1) is 0 Å². The summed E-state index contributed by atoms with van der Waals surface area (Å²) >= 11 is 7.20. The van der Waals surface area contributed by atoms with Gasteiger partial charge in [-0.2, -0.15) is 15.0 Å². The molecule has 0 saturated carbocycles. The molecular weight excluding hydrogens is 296 g/mol. The molecule has 2 heterocycles. The summed E-state index contributed by atoms with van der Waals surface area (Å²) in [6, 6.07) is 7.82. The molecule has 0 amide bonds. The fraction of sp³-hybridized carbons (Fsp3) is 0.167. The topological polar surface area (TPSA) is 79.4 Å². The van der Waals surface area contributed by atoms with E-state index in [2.05, 4.69) is 30.2 Å². The average molecular weight is 307 g/mol. The number of aromatic nitrogens is 5. The van der Waals surface area contributed by atoms with Gasteiger partial charge in [0.05, 0.1) is 11.0 Å². The monoisotopic (exact) mass is 306 g/mol. The van der Waals surface area contributed by atoms with Crippen LogP contribution in [0.5, 0.6) is 0 Å². The van der Waals surface area contributed by atoms with Crippen LogP contribution < -0.4 is 5.32 Å². The van der Waals surface area contributed by atoms with E-state index in [0.29, 0.717) is 11.1 Å². The summed E-state index contributed by atoms with van der Waals surface area (Å²) in [5.74, 6) is 0.464. The van der Waals surface area contributed by atoms with Crippen LogP contribution in [0, 0.1) is 0 Å². The molecule has 0 fully saturated rings. The maximum atomic E-state index is 5.88. The van der Waals surface area contributed by atoms with Gasteiger partial charge in [0.15, 0.2) is 5.16 Å². The Morgan fingerprint density at radius 2 is 2.05 bits per heavy atom. The highest BCUT2D eigenvalue weighted by molar-refractivity contribution is 7.99. The predicted molar refractivity (Wildman–Crippen MR) is 79.2 cm³/mol. The van der Waals surface area contributed by atoms with E-state index in [1.807, 2.05) is 31.2 Å². The minimum atomic E-state index is 0.162. The standard InChI is InChI=1S/C12H11ClN6S/c1-2-14-10-17-9(13)18-12(19-10)20-11-15-7-5-3-4-6-8(7)16-11/h3-6H,2H2,1H3,(H,15,16)(H,14,17,18,19). The highest BCUT2D eigenvalue weighted by Gasteiger charge is 2.09. The quantitative estimate of drug-likeness (QED) is 0.771. The Labute approximate surface area is 124 Å². The largest absolute Gasteiger partial charge is 0.354 e. The zero-order valence-corrected chi connectivity index (χ0v) is 12.2. The molecule has 0 aliphatic rings. The van der Waals surface area contributed by atoms with Gasteiger partial charge in [0.2, 0.25) is 16.4 Å². The average Bonchev–Trinajstić information content (AvgIpc) is 2.80. The number of nitrogens with zero attached hydrogens (tertiary/aromatic N) is 4. The van der Waals surface area contributed by atoms with Gasteiger partial charge in [-0.3, -0.25) is 0 Å². The minimum absolute atomic E-state index is 0.162. The smallest absolute Gasteiger partial charge is 0.228 e. The number of para-hydroxylation sites is 2. The summed E-state index contributed by atoms with van der Waals surface area (Å²) in [6.07, 6.45) is 0. The van der Waals surface area contributed by atoms with Crippen LogP contribution >= 0.6 is 23.4 Å². The number of rotatable bonds is 4. The van der Waals surface area contributed by atoms with Crippen molar-refractivity contribution in [1.29, 1.82) is 0 Å². The van der Waals surface area contributed by atoms with Gasteiger partial charge in [0, 0.05) is 6.54 Å². The van der Waals surface area contributed by atoms with Crippen LogP contribution in [0.4, 0.5) is 5.95 Å². The number of anilines is 1. The number of halogens is 1. The summed E-state index contributed by atoms with van der Waals surface area (Å²) in [7, 11) is 0. The third-order valence-corrected chi connectivity index (χ3v) is 3.40. The van der Waals surface area contributed by atoms with Gasteiger partial charge < -0.3 is 10.3 Å². The van der Waals surface area contributed by atoms with E-state index < -0.39 is 0 Å². The Bertz CT molecular complexity index is 711. The van der Waals surface area contributed by atoms with E-state index in [4.69, 9.17) is 11.6 Å². The molecule has 2 N–H and O–H groups in total. The van der Waals surface area contributed by atoms with Crippen LogP contribution in [-0.4, -0.2) is 31.5 Å². The van der Waals surface area contributed by atoms with Crippen molar-refractivity contribution in [1.82, 2.24) is 24.9 Å². The van der Waals surface area contributed by atoms with E-state index >= 15 is 0 Å². The second kappa shape index (κ2) is 5.64. The maximum Gasteiger partial charge on any atom is 0.228 e. The molecular formula is C12H11ClN6S. The fourth-order valence-corrected chi connectivity index (χ4v) is 2.63. The summed E-state index contributed by atoms with van der Waals surface area (Å²) < 4.78 is 0. The van der Waals surface area contributed by atoms with Crippen LogP contribution in [-0.2, 0) is 0 Å². The number of nitrogens with one attached hydrogen (secondary N) is 2. The Kier molecular flexibility index (Phi) is 3.70. The summed E-state index contributed by atoms with van der Waals surface area (Å²) in [5, 5.41) is 4.39. The maximum absolute atomic E-state index is 5.88. The predicted octanol–water partition coefficient (Wildman–Crippen LogP) is 2.98. The molecule has 3 aromatic rings. The van der Waals surface area contributed by atoms with Gasteiger partial charge in [-0.05, 0) is 42.4 Å². The molecule has 0 spiro atoms. The van der Waals surface area contributed by atoms with Crippen molar-refractivity contribution < 1.29 is 0 Å². The first-order valence-electron chi connectivity index (χ1n) is 6.02. The molecule has 0 unspecified atom stereocenters. The SMILES string of the molecule is CCNc1nc(Cl)nc(Sc2nc3ccccc3[nH]2)n1. The van der Waals surface area contributed by atoms with Crippen molar-refractivity contribution in [3.05, 3.63) is 29.5 Å². The second-order valence-corrected chi connectivity index (χ2v) is 5.20. The third-order valence-electron chi connectivity index (χ3n) is 2.48. The number of aromatic amines is 1. The van der Waals surface area contributed by atoms with Crippen LogP contribution in [0.3, 0.4) is 0 Å². The van der Waals surface area contributed by atoms with E-state index in [1.165, 1.54) is 11.8 Å². The first-order chi connectivity index (χ1) is 9.74. The molecule has 1 aromatic carbocycles. The number of fused-ring (bicyclic) bond motifs is 1. The lowest BCUT2D eigenvalue weighted by Gasteiger charge is -2.02. The third kappa shape index (κ3) is 2.83. The summed E-state index contributed by atoms with van der Waals surface area (Å²) in [6.45, 7) is 2.68. The summed E-state index contributed by atoms with van der Waals surface area (Å²) in [4.78, 5) is 20.0. The van der Waals surface area contributed by atoms with Crippen molar-refractivity contribution >= 4 is 40.3 Å². The number of benzene rings is 1. The molecule has 8 heteroatoms. The molecule has 0 atom stereocenters. The van der Waals surface area contributed by atoms with Crippen molar-refractivity contribution in [2.75, 3.05) is 11.9 Å². The molecule has 0 saturated heterocycles. The molecule has 0 bridgehead atoms. The number of hydrogen-bond acceptors (Lipinski definition) is 6. The minimum Gasteiger partial charge on any atom is -0.354 e. The molecule has 0 aliphatic carbocycles. The molecule has 20 heavy (non-hydrogen) atoms. The van der Waals surface area contributed by atoms with Crippen LogP contribution in [0.25, 0.3) is 11.0 Å². The highest BCUT2D eigenvalue weighted by Crippen LogP contribution is 2.25. The second-order valence-electron chi connectivity index (χ2n) is 3.90. The number of H-pyrrole nitrogens is 1. The summed E-state index contributed by atoms with van der Waals surface area (Å²) in [5.41, 5.74) is 1.88. The molecule has 2 aromatic heterocycles. The van der Waals surface area contributed by atoms with Crippen molar-refractivity contribution in [3.8, 4) is 0 Å². The molecule has 6 nitrogen and oxygen atoms in total.